The third-order valence-electron chi connectivity index (χ3n) is 3.43. The molecule has 1 fully saturated rings. The Labute approximate surface area is 133 Å². The fourth-order valence-corrected chi connectivity index (χ4v) is 2.71. The van der Waals surface area contributed by atoms with Crippen LogP contribution in [0.15, 0.2) is 24.3 Å². The van der Waals surface area contributed by atoms with E-state index in [4.69, 9.17) is 28.3 Å². The first kappa shape index (κ1) is 15.9. The Morgan fingerprint density at radius 2 is 2.05 bits per heavy atom. The maximum absolute atomic E-state index is 12.2. The second-order valence-electron chi connectivity index (χ2n) is 4.88. The Morgan fingerprint density at radius 3 is 2.76 bits per heavy atom. The lowest BCUT2D eigenvalue weighted by Gasteiger charge is -2.32. The van der Waals surface area contributed by atoms with Gasteiger partial charge in [0.05, 0.1) is 0 Å². The molecule has 21 heavy (non-hydrogen) atoms. The summed E-state index contributed by atoms with van der Waals surface area (Å²) in [7, 11) is 0. The maximum atomic E-state index is 12.2. The molecule has 1 unspecified atom stereocenters. The van der Waals surface area contributed by atoms with Crippen LogP contribution in [-0.2, 0) is 9.59 Å². The number of halogens is 2. The number of hydrogen-bond acceptors (Lipinski definition) is 2. The van der Waals surface area contributed by atoms with Crippen molar-refractivity contribution in [1.29, 1.82) is 0 Å². The average molecular weight is 328 g/mol. The Balaban J connectivity index is 2.14. The van der Waals surface area contributed by atoms with E-state index in [1.54, 1.807) is 24.3 Å². The van der Waals surface area contributed by atoms with E-state index in [1.807, 2.05) is 0 Å². The minimum Gasteiger partial charge on any atom is -0.480 e. The summed E-state index contributed by atoms with van der Waals surface area (Å²) in [6, 6.07) is 4.22. The summed E-state index contributed by atoms with van der Waals surface area (Å²) in [6.45, 7) is 0.462. The van der Waals surface area contributed by atoms with E-state index >= 15 is 0 Å². The van der Waals surface area contributed by atoms with Crippen molar-refractivity contribution >= 4 is 41.2 Å². The summed E-state index contributed by atoms with van der Waals surface area (Å²) >= 11 is 11.9. The van der Waals surface area contributed by atoms with Crippen molar-refractivity contribution in [2.75, 3.05) is 6.54 Å². The van der Waals surface area contributed by atoms with Gasteiger partial charge in [0.15, 0.2) is 0 Å². The van der Waals surface area contributed by atoms with Gasteiger partial charge in [-0.3, -0.25) is 4.79 Å². The molecule has 0 saturated carbocycles. The van der Waals surface area contributed by atoms with Gasteiger partial charge >= 0.3 is 5.97 Å². The monoisotopic (exact) mass is 327 g/mol. The standard InChI is InChI=1S/C15H15Cl2NO3/c16-11-5-6-12(17)10(9-11)4-7-14(19)18-8-2-1-3-13(18)15(20)21/h4-7,9,13H,1-3,8H2,(H,20,21)/b7-4+. The highest BCUT2D eigenvalue weighted by molar-refractivity contribution is 6.34. The zero-order chi connectivity index (χ0) is 15.4. The number of benzene rings is 1. The fourth-order valence-electron chi connectivity index (χ4n) is 2.35. The molecule has 1 amide bonds. The predicted molar refractivity (Wildman–Crippen MR) is 82.5 cm³/mol. The molecule has 1 N–H and O–H groups in total. The first-order chi connectivity index (χ1) is 9.99. The van der Waals surface area contributed by atoms with Gasteiger partial charge in [0.1, 0.15) is 6.04 Å². The predicted octanol–water partition coefficient (Wildman–Crippen LogP) is 3.47. The van der Waals surface area contributed by atoms with Gasteiger partial charge in [-0.2, -0.15) is 0 Å². The number of carboxylic acid groups (broad SMARTS) is 1. The van der Waals surface area contributed by atoms with E-state index < -0.39 is 12.0 Å². The van der Waals surface area contributed by atoms with E-state index in [0.29, 0.717) is 28.6 Å². The van der Waals surface area contributed by atoms with Crippen molar-refractivity contribution in [3.8, 4) is 0 Å². The van der Waals surface area contributed by atoms with E-state index in [2.05, 4.69) is 0 Å². The van der Waals surface area contributed by atoms with Crippen LogP contribution < -0.4 is 0 Å². The molecular weight excluding hydrogens is 313 g/mol. The fraction of sp³-hybridized carbons (Fsp3) is 0.333. The molecule has 0 aromatic heterocycles. The van der Waals surface area contributed by atoms with Crippen molar-refractivity contribution in [3.63, 3.8) is 0 Å². The molecule has 1 aliphatic rings. The van der Waals surface area contributed by atoms with E-state index in [-0.39, 0.29) is 5.91 Å². The number of carbonyl (C=O) groups excluding carboxylic acids is 1. The van der Waals surface area contributed by atoms with Crippen LogP contribution in [0.3, 0.4) is 0 Å². The third-order valence-corrected chi connectivity index (χ3v) is 4.01. The normalized spacial score (nSPS) is 19.0. The molecule has 112 valence electrons. The molecule has 6 heteroatoms. The van der Waals surface area contributed by atoms with Gasteiger partial charge in [-0.05, 0) is 49.1 Å². The topological polar surface area (TPSA) is 57.6 Å². The Morgan fingerprint density at radius 1 is 1.29 bits per heavy atom. The van der Waals surface area contributed by atoms with E-state index in [0.717, 1.165) is 12.8 Å². The van der Waals surface area contributed by atoms with Crippen LogP contribution in [0.4, 0.5) is 0 Å². The zero-order valence-electron chi connectivity index (χ0n) is 11.3. The number of nitrogens with zero attached hydrogens (tertiary/aromatic N) is 1. The molecule has 1 heterocycles. The SMILES string of the molecule is O=C(O)C1CCCCN1C(=O)/C=C/c1cc(Cl)ccc1Cl. The van der Waals surface area contributed by atoms with Gasteiger partial charge in [-0.25, -0.2) is 4.79 Å². The third kappa shape index (κ3) is 3.99. The van der Waals surface area contributed by atoms with Crippen LogP contribution in [0.2, 0.25) is 10.0 Å². The number of amides is 1. The smallest absolute Gasteiger partial charge is 0.326 e. The molecule has 1 aromatic carbocycles. The molecule has 1 aromatic rings. The summed E-state index contributed by atoms with van der Waals surface area (Å²) < 4.78 is 0. The largest absolute Gasteiger partial charge is 0.480 e. The lowest BCUT2D eigenvalue weighted by Crippen LogP contribution is -2.47. The number of piperidine rings is 1. The van der Waals surface area contributed by atoms with Crippen LogP contribution in [0, 0.1) is 0 Å². The van der Waals surface area contributed by atoms with Crippen molar-refractivity contribution in [1.82, 2.24) is 4.90 Å². The van der Waals surface area contributed by atoms with Crippen molar-refractivity contribution in [2.24, 2.45) is 0 Å². The second kappa shape index (κ2) is 6.96. The van der Waals surface area contributed by atoms with Gasteiger partial charge in [0.25, 0.3) is 0 Å². The highest BCUT2D eigenvalue weighted by atomic mass is 35.5. The Kier molecular flexibility index (Phi) is 5.26. The summed E-state index contributed by atoms with van der Waals surface area (Å²) in [6.07, 6.45) is 5.04. The minimum atomic E-state index is -0.961. The molecule has 0 aliphatic carbocycles. The zero-order valence-corrected chi connectivity index (χ0v) is 12.8. The lowest BCUT2D eigenvalue weighted by molar-refractivity contribution is -0.150. The van der Waals surface area contributed by atoms with E-state index in [1.165, 1.54) is 11.0 Å². The summed E-state index contributed by atoms with van der Waals surface area (Å²) in [5.74, 6) is -1.28. The maximum Gasteiger partial charge on any atom is 0.326 e. The van der Waals surface area contributed by atoms with Crippen LogP contribution in [0.1, 0.15) is 24.8 Å². The van der Waals surface area contributed by atoms with Gasteiger partial charge in [-0.1, -0.05) is 23.2 Å². The van der Waals surface area contributed by atoms with Gasteiger partial charge in [-0.15, -0.1) is 0 Å². The van der Waals surface area contributed by atoms with Crippen molar-refractivity contribution in [3.05, 3.63) is 39.9 Å². The molecular formula is C15H15Cl2NO3. The molecule has 0 bridgehead atoms. The Hall–Kier alpha value is -1.52. The molecule has 1 aliphatic heterocycles. The second-order valence-corrected chi connectivity index (χ2v) is 5.72. The molecule has 2 rings (SSSR count). The first-order valence-electron chi connectivity index (χ1n) is 6.65. The van der Waals surface area contributed by atoms with Crippen LogP contribution in [0.25, 0.3) is 6.08 Å². The molecule has 0 radical (unpaired) electrons. The number of rotatable bonds is 3. The quantitative estimate of drug-likeness (QED) is 0.865. The summed E-state index contributed by atoms with van der Waals surface area (Å²) in [4.78, 5) is 24.8. The van der Waals surface area contributed by atoms with Crippen molar-refractivity contribution in [2.45, 2.75) is 25.3 Å². The van der Waals surface area contributed by atoms with E-state index in [9.17, 15) is 9.59 Å². The lowest BCUT2D eigenvalue weighted by atomic mass is 10.0. The highest BCUT2D eigenvalue weighted by Gasteiger charge is 2.30. The molecule has 4 nitrogen and oxygen atoms in total. The number of aliphatic carboxylic acids is 1. The first-order valence-corrected chi connectivity index (χ1v) is 7.41. The summed E-state index contributed by atoms with van der Waals surface area (Å²) in [5, 5.41) is 10.2. The minimum absolute atomic E-state index is 0.321. The molecule has 1 atom stereocenters. The van der Waals surface area contributed by atoms with Gasteiger partial charge in [0.2, 0.25) is 5.91 Å². The number of hydrogen-bond donors (Lipinski definition) is 1. The highest BCUT2D eigenvalue weighted by Crippen LogP contribution is 2.22. The molecule has 0 spiro atoms. The molecule has 1 saturated heterocycles. The number of carbonyl (C=O) groups is 2. The Bertz CT molecular complexity index is 586. The van der Waals surface area contributed by atoms with Crippen LogP contribution in [0.5, 0.6) is 0 Å². The number of likely N-dealkylation sites (tertiary alicyclic amines) is 1. The summed E-state index contributed by atoms with van der Waals surface area (Å²) in [5.41, 5.74) is 0.626. The van der Waals surface area contributed by atoms with Crippen molar-refractivity contribution < 1.29 is 14.7 Å². The van der Waals surface area contributed by atoms with Gasteiger partial charge in [0, 0.05) is 22.7 Å². The van der Waals surface area contributed by atoms with Crippen LogP contribution in [-0.4, -0.2) is 34.5 Å². The van der Waals surface area contributed by atoms with Crippen LogP contribution >= 0.6 is 23.2 Å². The average Bonchev–Trinajstić information content (AvgIpc) is 2.47. The van der Waals surface area contributed by atoms with Gasteiger partial charge < -0.3 is 10.0 Å². The number of carboxylic acids is 1.